The first kappa shape index (κ1) is 33.8. The first-order valence-corrected chi connectivity index (χ1v) is 16.3. The van der Waals surface area contributed by atoms with Crippen LogP contribution in [0.15, 0.2) is 12.2 Å². The number of rotatable bonds is 25. The third-order valence-electron chi connectivity index (χ3n) is 6.73. The van der Waals surface area contributed by atoms with Gasteiger partial charge in [-0.15, -0.1) is 0 Å². The van der Waals surface area contributed by atoms with E-state index in [0.29, 0.717) is 17.5 Å². The van der Waals surface area contributed by atoms with E-state index in [1.165, 1.54) is 103 Å². The smallest absolute Gasteiger partial charge is 0.320 e. The van der Waals surface area contributed by atoms with Gasteiger partial charge in [0.1, 0.15) is 0 Å². The molecule has 0 aromatic heterocycles. The zero-order valence-corrected chi connectivity index (χ0v) is 24.6. The number of unbranched alkanes of at least 4 members (excludes halogenated alkanes) is 16. The predicted octanol–water partition coefficient (Wildman–Crippen LogP) is 9.62. The highest BCUT2D eigenvalue weighted by Gasteiger charge is 2.41. The van der Waals surface area contributed by atoms with Gasteiger partial charge in [-0.05, 0) is 32.1 Å². The average molecular weight is 503 g/mol. The summed E-state index contributed by atoms with van der Waals surface area (Å²) >= 11 is 0. The second-order valence-corrected chi connectivity index (χ2v) is 13.1. The summed E-state index contributed by atoms with van der Waals surface area (Å²) in [4.78, 5) is 10.4. The van der Waals surface area contributed by atoms with Crippen molar-refractivity contribution in [2.24, 2.45) is 0 Å². The summed E-state index contributed by atoms with van der Waals surface area (Å²) in [6, 6.07) is 0. The van der Waals surface area contributed by atoms with Crippen molar-refractivity contribution in [1.82, 2.24) is 0 Å². The minimum Gasteiger partial charge on any atom is -0.320 e. The van der Waals surface area contributed by atoms with E-state index in [0.717, 1.165) is 19.3 Å². The normalized spacial score (nSPS) is 15.1. The summed E-state index contributed by atoms with van der Waals surface area (Å²) in [6.07, 6.45) is 29.9. The van der Waals surface area contributed by atoms with E-state index in [9.17, 15) is 9.46 Å². The van der Waals surface area contributed by atoms with Crippen molar-refractivity contribution in [2.75, 3.05) is 27.7 Å². The first-order chi connectivity index (χ1) is 16.3. The molecule has 1 N–H and O–H groups in total. The zero-order valence-electron chi connectivity index (χ0n) is 23.7. The summed E-state index contributed by atoms with van der Waals surface area (Å²) < 4.78 is 18.6. The summed E-state index contributed by atoms with van der Waals surface area (Å²) in [5.74, 6) is -0.333. The maximum absolute atomic E-state index is 12.7. The van der Waals surface area contributed by atoms with Crippen LogP contribution in [0.1, 0.15) is 142 Å². The molecule has 4 nitrogen and oxygen atoms in total. The van der Waals surface area contributed by atoms with E-state index in [4.69, 9.17) is 4.52 Å². The maximum atomic E-state index is 12.7. The fraction of sp³-hybridized carbons (Fsp3) is 0.931. The Morgan fingerprint density at radius 3 is 1.50 bits per heavy atom. The highest BCUT2D eigenvalue weighted by atomic mass is 31.2. The van der Waals surface area contributed by atoms with Gasteiger partial charge in [-0.25, -0.2) is 0 Å². The van der Waals surface area contributed by atoms with Gasteiger partial charge in [0.25, 0.3) is 0 Å². The topological polar surface area (TPSA) is 46.5 Å². The fourth-order valence-corrected chi connectivity index (χ4v) is 6.62. The largest absolute Gasteiger partial charge is 0.385 e. The van der Waals surface area contributed by atoms with Gasteiger partial charge in [-0.3, -0.25) is 4.57 Å². The molecule has 0 bridgehead atoms. The van der Waals surface area contributed by atoms with E-state index in [1.54, 1.807) is 0 Å². The highest BCUT2D eigenvalue weighted by molar-refractivity contribution is 7.53. The molecule has 0 aromatic carbocycles. The molecule has 0 saturated carbocycles. The van der Waals surface area contributed by atoms with Crippen LogP contribution in [-0.2, 0) is 9.09 Å². The van der Waals surface area contributed by atoms with E-state index >= 15 is 0 Å². The summed E-state index contributed by atoms with van der Waals surface area (Å²) in [7, 11) is 2.36. The van der Waals surface area contributed by atoms with Gasteiger partial charge in [0.2, 0.25) is 0 Å². The van der Waals surface area contributed by atoms with E-state index in [-0.39, 0.29) is 5.78 Å². The Bertz CT molecular complexity index is 516. The lowest BCUT2D eigenvalue weighted by atomic mass is 10.0. The molecule has 204 valence electrons. The molecule has 0 fully saturated rings. The van der Waals surface area contributed by atoms with Gasteiger partial charge in [0.05, 0.1) is 27.7 Å². The monoisotopic (exact) mass is 502 g/mol. The molecule has 0 spiro atoms. The van der Waals surface area contributed by atoms with Crippen LogP contribution >= 0.6 is 7.60 Å². The van der Waals surface area contributed by atoms with Gasteiger partial charge in [-0.2, -0.15) is 0 Å². The van der Waals surface area contributed by atoms with Crippen LogP contribution in [0.2, 0.25) is 0 Å². The Morgan fingerprint density at radius 2 is 1.09 bits per heavy atom. The van der Waals surface area contributed by atoms with Crippen LogP contribution in [0.3, 0.4) is 0 Å². The van der Waals surface area contributed by atoms with Crippen LogP contribution in [-0.4, -0.2) is 42.9 Å². The molecule has 0 radical (unpaired) electrons. The Morgan fingerprint density at radius 1 is 0.676 bits per heavy atom. The molecular weight excluding hydrogens is 441 g/mol. The van der Waals surface area contributed by atoms with Gasteiger partial charge in [0, 0.05) is 6.42 Å². The third kappa shape index (κ3) is 20.1. The Kier molecular flexibility index (Phi) is 22.0. The standard InChI is InChI=1S/C29H60NO3P/c1-6-8-9-10-11-12-13-14-15-16-17-18-19-20-21-22-23-24-25-26-28-33-34(31,32)29(27-7-2)30(3,4)5/h9-10,29H,6-8,11-28H2,1-5H3/p+1. The molecular formula is C29H61NO3P+. The van der Waals surface area contributed by atoms with Crippen molar-refractivity contribution in [3.63, 3.8) is 0 Å². The molecule has 0 saturated heterocycles. The van der Waals surface area contributed by atoms with Crippen LogP contribution in [0.4, 0.5) is 0 Å². The van der Waals surface area contributed by atoms with Crippen molar-refractivity contribution >= 4 is 7.60 Å². The predicted molar refractivity (Wildman–Crippen MR) is 150 cm³/mol. The molecule has 0 amide bonds. The molecule has 2 unspecified atom stereocenters. The van der Waals surface area contributed by atoms with E-state index in [2.05, 4.69) is 26.0 Å². The van der Waals surface area contributed by atoms with E-state index < -0.39 is 7.60 Å². The molecule has 5 heteroatoms. The number of hydrogen-bond acceptors (Lipinski definition) is 2. The lowest BCUT2D eigenvalue weighted by Gasteiger charge is -2.35. The number of nitrogens with zero attached hydrogens (tertiary/aromatic N) is 1. The summed E-state index contributed by atoms with van der Waals surface area (Å²) in [6.45, 7) is 4.70. The van der Waals surface area contributed by atoms with Crippen molar-refractivity contribution in [3.05, 3.63) is 12.2 Å². The Hall–Kier alpha value is -0.150. The number of hydrogen-bond donors (Lipinski definition) is 1. The third-order valence-corrected chi connectivity index (χ3v) is 8.99. The molecule has 0 aliphatic heterocycles. The molecule has 0 heterocycles. The summed E-state index contributed by atoms with van der Waals surface area (Å²) in [5.41, 5.74) is 0. The lowest BCUT2D eigenvalue weighted by molar-refractivity contribution is -0.883. The van der Waals surface area contributed by atoms with Gasteiger partial charge < -0.3 is 13.9 Å². The van der Waals surface area contributed by atoms with Gasteiger partial charge in [-0.1, -0.05) is 116 Å². The molecule has 2 atom stereocenters. The zero-order chi connectivity index (χ0) is 25.5. The maximum Gasteiger partial charge on any atom is 0.385 e. The second-order valence-electron chi connectivity index (χ2n) is 11.1. The fourth-order valence-electron chi connectivity index (χ4n) is 4.59. The number of quaternary nitrogens is 1. The quantitative estimate of drug-likeness (QED) is 0.0585. The van der Waals surface area contributed by atoms with Crippen molar-refractivity contribution in [1.29, 1.82) is 0 Å². The van der Waals surface area contributed by atoms with E-state index in [1.807, 2.05) is 21.1 Å². The second kappa shape index (κ2) is 22.1. The van der Waals surface area contributed by atoms with Crippen molar-refractivity contribution in [3.8, 4) is 0 Å². The Labute approximate surface area is 214 Å². The minimum atomic E-state index is -3.57. The van der Waals surface area contributed by atoms with Crippen molar-refractivity contribution < 1.29 is 18.5 Å². The summed E-state index contributed by atoms with van der Waals surface area (Å²) in [5, 5.41) is 0. The molecule has 0 aliphatic carbocycles. The first-order valence-electron chi connectivity index (χ1n) is 14.7. The molecule has 0 aliphatic rings. The Balaban J connectivity index is 3.45. The average Bonchev–Trinajstić information content (AvgIpc) is 2.77. The number of allylic oxidation sites excluding steroid dienone is 2. The van der Waals surface area contributed by atoms with Crippen LogP contribution in [0, 0.1) is 0 Å². The van der Waals surface area contributed by atoms with Crippen LogP contribution in [0.25, 0.3) is 0 Å². The lowest BCUT2D eigenvalue weighted by Crippen LogP contribution is -2.45. The SMILES string of the molecule is CCCC=CCCCCCCCCCCCCCCCCCOP(=O)(O)C(CCC)[N+](C)(C)C. The molecule has 0 aromatic rings. The van der Waals surface area contributed by atoms with Crippen LogP contribution in [0.5, 0.6) is 0 Å². The van der Waals surface area contributed by atoms with Gasteiger partial charge in [0.15, 0.2) is 5.78 Å². The van der Waals surface area contributed by atoms with Gasteiger partial charge >= 0.3 is 7.60 Å². The molecule has 34 heavy (non-hydrogen) atoms. The van der Waals surface area contributed by atoms with Crippen LogP contribution < -0.4 is 0 Å². The molecule has 0 rings (SSSR count). The minimum absolute atomic E-state index is 0.333. The van der Waals surface area contributed by atoms with Crippen molar-refractivity contribution in [2.45, 2.75) is 148 Å². The highest BCUT2D eigenvalue weighted by Crippen LogP contribution is 2.51.